The molecule has 1 aromatic heterocycles. The highest BCUT2D eigenvalue weighted by Gasteiger charge is 2.36. The van der Waals surface area contributed by atoms with Gasteiger partial charge in [0.25, 0.3) is 0 Å². The van der Waals surface area contributed by atoms with Gasteiger partial charge in [0.05, 0.1) is 18.2 Å². The van der Waals surface area contributed by atoms with E-state index in [2.05, 4.69) is 20.6 Å². The fourth-order valence-corrected chi connectivity index (χ4v) is 1.28. The average Bonchev–Trinajstić information content (AvgIpc) is 2.26. The van der Waals surface area contributed by atoms with E-state index in [0.717, 1.165) is 0 Å². The molecule has 6 heteroatoms. The highest BCUT2D eigenvalue weighted by molar-refractivity contribution is 5.64. The lowest BCUT2D eigenvalue weighted by Crippen LogP contribution is -2.51. The second kappa shape index (κ2) is 4.97. The summed E-state index contributed by atoms with van der Waals surface area (Å²) >= 11 is 0. The van der Waals surface area contributed by atoms with Gasteiger partial charge in [0.2, 0.25) is 5.75 Å². The van der Waals surface area contributed by atoms with Crippen LogP contribution in [0.1, 0.15) is 27.7 Å². The molecule has 0 unspecified atom stereocenters. The molecule has 0 saturated heterocycles. The summed E-state index contributed by atoms with van der Waals surface area (Å²) in [4.78, 5) is 8.23. The third-order valence-corrected chi connectivity index (χ3v) is 3.21. The quantitative estimate of drug-likeness (QED) is 0.739. The number of anilines is 2. The molecular formula is C12H22N4O2. The van der Waals surface area contributed by atoms with Gasteiger partial charge in [-0.15, -0.1) is 0 Å². The average molecular weight is 254 g/mol. The van der Waals surface area contributed by atoms with E-state index in [1.807, 2.05) is 13.8 Å². The highest BCUT2D eigenvalue weighted by atomic mass is 16.5. The van der Waals surface area contributed by atoms with Crippen LogP contribution in [0.2, 0.25) is 0 Å². The van der Waals surface area contributed by atoms with Gasteiger partial charge < -0.3 is 20.5 Å². The van der Waals surface area contributed by atoms with Crippen molar-refractivity contribution in [1.82, 2.24) is 9.97 Å². The number of hydrogen-bond donors (Lipinski definition) is 3. The van der Waals surface area contributed by atoms with Crippen molar-refractivity contribution in [2.24, 2.45) is 0 Å². The van der Waals surface area contributed by atoms with E-state index in [9.17, 15) is 5.11 Å². The number of aromatic nitrogens is 2. The van der Waals surface area contributed by atoms with Gasteiger partial charge in [0.1, 0.15) is 6.33 Å². The number of rotatable bonds is 5. The first-order chi connectivity index (χ1) is 8.23. The number of nitrogens with zero attached hydrogens (tertiary/aromatic N) is 2. The minimum atomic E-state index is -0.914. The van der Waals surface area contributed by atoms with Gasteiger partial charge in [0.15, 0.2) is 11.6 Å². The zero-order valence-electron chi connectivity index (χ0n) is 11.8. The van der Waals surface area contributed by atoms with E-state index in [1.54, 1.807) is 28.0 Å². The first-order valence-electron chi connectivity index (χ1n) is 5.80. The minimum Gasteiger partial charge on any atom is -0.490 e. The van der Waals surface area contributed by atoms with Crippen molar-refractivity contribution in [3.05, 3.63) is 6.33 Å². The fourth-order valence-electron chi connectivity index (χ4n) is 1.28. The molecule has 0 fully saturated rings. The zero-order valence-corrected chi connectivity index (χ0v) is 11.8. The summed E-state index contributed by atoms with van der Waals surface area (Å²) in [6, 6.07) is 0. The van der Waals surface area contributed by atoms with Gasteiger partial charge in [-0.25, -0.2) is 9.97 Å². The van der Waals surface area contributed by atoms with Crippen LogP contribution in [0.5, 0.6) is 5.75 Å². The Morgan fingerprint density at radius 1 is 1.17 bits per heavy atom. The summed E-state index contributed by atoms with van der Waals surface area (Å²) in [5.74, 6) is 1.67. The largest absolute Gasteiger partial charge is 0.490 e. The van der Waals surface area contributed by atoms with Crippen LogP contribution < -0.4 is 15.4 Å². The van der Waals surface area contributed by atoms with Crippen LogP contribution in [0.25, 0.3) is 0 Å². The highest BCUT2D eigenvalue weighted by Crippen LogP contribution is 2.33. The van der Waals surface area contributed by atoms with Gasteiger partial charge >= 0.3 is 0 Å². The molecule has 0 amide bonds. The van der Waals surface area contributed by atoms with Crippen molar-refractivity contribution in [2.75, 3.05) is 24.8 Å². The van der Waals surface area contributed by atoms with Gasteiger partial charge in [-0.1, -0.05) is 0 Å². The molecule has 3 N–H and O–H groups in total. The van der Waals surface area contributed by atoms with Gasteiger partial charge in [-0.2, -0.15) is 0 Å². The maximum Gasteiger partial charge on any atom is 0.204 e. The summed E-state index contributed by atoms with van der Waals surface area (Å²) in [7, 11) is 3.32. The molecule has 18 heavy (non-hydrogen) atoms. The molecule has 1 rings (SSSR count). The number of methoxy groups -OCH3 is 1. The summed E-state index contributed by atoms with van der Waals surface area (Å²) in [6.45, 7) is 7.28. The van der Waals surface area contributed by atoms with Crippen LogP contribution in [-0.2, 0) is 0 Å². The van der Waals surface area contributed by atoms with Crippen LogP contribution in [0.4, 0.5) is 11.6 Å². The monoisotopic (exact) mass is 254 g/mol. The molecule has 0 aliphatic heterocycles. The Bertz CT molecular complexity index is 413. The van der Waals surface area contributed by atoms with Crippen LogP contribution in [0, 0.1) is 0 Å². The van der Waals surface area contributed by atoms with Crippen molar-refractivity contribution < 1.29 is 9.84 Å². The Kier molecular flexibility index (Phi) is 4.01. The SMILES string of the molecule is CNc1ncnc(NC(C)(C)C(C)(C)O)c1OC. The molecule has 6 nitrogen and oxygen atoms in total. The molecular weight excluding hydrogens is 232 g/mol. The third-order valence-electron chi connectivity index (χ3n) is 3.21. The standard InChI is InChI=1S/C12H22N4O2/c1-11(2,12(3,4)17)16-10-8(18-6)9(13-5)14-7-15-10/h7,17H,1-6H3,(H2,13,14,15,16). The van der Waals surface area contributed by atoms with E-state index in [4.69, 9.17) is 4.74 Å². The molecule has 1 aromatic rings. The Hall–Kier alpha value is -1.56. The zero-order chi connectivity index (χ0) is 14.0. The van der Waals surface area contributed by atoms with Crippen molar-refractivity contribution in [1.29, 1.82) is 0 Å². The maximum atomic E-state index is 10.1. The lowest BCUT2D eigenvalue weighted by Gasteiger charge is -2.38. The van der Waals surface area contributed by atoms with Crippen molar-refractivity contribution >= 4 is 11.6 Å². The lowest BCUT2D eigenvalue weighted by atomic mass is 9.86. The number of aliphatic hydroxyl groups is 1. The van der Waals surface area contributed by atoms with Crippen molar-refractivity contribution in [3.63, 3.8) is 0 Å². The smallest absolute Gasteiger partial charge is 0.204 e. The predicted octanol–water partition coefficient (Wildman–Crippen LogP) is 1.49. The molecule has 0 radical (unpaired) electrons. The first kappa shape index (κ1) is 14.5. The molecule has 1 heterocycles. The Morgan fingerprint density at radius 3 is 2.17 bits per heavy atom. The van der Waals surface area contributed by atoms with E-state index in [1.165, 1.54) is 6.33 Å². The van der Waals surface area contributed by atoms with Crippen molar-refractivity contribution in [3.8, 4) is 5.75 Å². The van der Waals surface area contributed by atoms with Gasteiger partial charge in [-0.05, 0) is 27.7 Å². The number of nitrogens with one attached hydrogen (secondary N) is 2. The normalized spacial score (nSPS) is 12.2. The van der Waals surface area contributed by atoms with Crippen LogP contribution in [0.15, 0.2) is 6.33 Å². The Balaban J connectivity index is 3.12. The fraction of sp³-hybridized carbons (Fsp3) is 0.667. The molecule has 0 saturated carbocycles. The minimum absolute atomic E-state index is 0.525. The van der Waals surface area contributed by atoms with Crippen LogP contribution in [-0.4, -0.2) is 40.4 Å². The maximum absolute atomic E-state index is 10.1. The third kappa shape index (κ3) is 2.81. The predicted molar refractivity (Wildman–Crippen MR) is 72.1 cm³/mol. The van der Waals surface area contributed by atoms with Crippen LogP contribution in [0.3, 0.4) is 0 Å². The number of hydrogen-bond acceptors (Lipinski definition) is 6. The van der Waals surface area contributed by atoms with E-state index < -0.39 is 11.1 Å². The summed E-state index contributed by atoms with van der Waals surface area (Å²) in [5.41, 5.74) is -1.48. The van der Waals surface area contributed by atoms with Gasteiger partial charge in [-0.3, -0.25) is 0 Å². The first-order valence-corrected chi connectivity index (χ1v) is 5.80. The summed E-state index contributed by atoms with van der Waals surface area (Å²) < 4.78 is 5.29. The molecule has 102 valence electrons. The second-order valence-electron chi connectivity index (χ2n) is 5.16. The van der Waals surface area contributed by atoms with E-state index >= 15 is 0 Å². The van der Waals surface area contributed by atoms with Crippen molar-refractivity contribution in [2.45, 2.75) is 38.8 Å². The lowest BCUT2D eigenvalue weighted by molar-refractivity contribution is 0.0238. The Morgan fingerprint density at radius 2 is 1.72 bits per heavy atom. The Labute approximate surface area is 108 Å². The summed E-state index contributed by atoms with van der Waals surface area (Å²) in [5, 5.41) is 16.3. The van der Waals surface area contributed by atoms with E-state index in [0.29, 0.717) is 17.4 Å². The molecule has 0 aromatic carbocycles. The van der Waals surface area contributed by atoms with Gasteiger partial charge in [0, 0.05) is 7.05 Å². The molecule has 0 spiro atoms. The van der Waals surface area contributed by atoms with E-state index in [-0.39, 0.29) is 0 Å². The molecule has 0 aliphatic rings. The molecule has 0 atom stereocenters. The number of ether oxygens (including phenoxy) is 1. The summed E-state index contributed by atoms with van der Waals surface area (Å²) in [6.07, 6.45) is 1.44. The second-order valence-corrected chi connectivity index (χ2v) is 5.16. The molecule has 0 bridgehead atoms. The molecule has 0 aliphatic carbocycles. The topological polar surface area (TPSA) is 79.3 Å². The van der Waals surface area contributed by atoms with Crippen LogP contribution >= 0.6 is 0 Å².